The number of hydrogen-bond donors (Lipinski definition) is 0. The largest absolute Gasteiger partial charge is 0.206 e. The standard InChI is InChI=1S/C28H17F5/c1-16-3-10-22(24(29)11-16)19-7-4-18(5-8-19)6-9-20-13-25(30)23(12-17(20)2)21-14-26(31)28(33)27(32)15-21/h3-5,7-8,10-15H,1-2H3. The van der Waals surface area contributed by atoms with E-state index in [1.54, 1.807) is 37.3 Å². The van der Waals surface area contributed by atoms with Crippen molar-refractivity contribution in [3.05, 3.63) is 118 Å². The molecule has 0 unspecified atom stereocenters. The van der Waals surface area contributed by atoms with Gasteiger partial charge < -0.3 is 0 Å². The van der Waals surface area contributed by atoms with E-state index >= 15 is 0 Å². The third-order valence-corrected chi connectivity index (χ3v) is 5.27. The van der Waals surface area contributed by atoms with Gasteiger partial charge in [-0.05, 0) is 78.6 Å². The molecular formula is C28H17F5. The highest BCUT2D eigenvalue weighted by Gasteiger charge is 2.15. The lowest BCUT2D eigenvalue weighted by molar-refractivity contribution is 0.447. The van der Waals surface area contributed by atoms with Crippen molar-refractivity contribution in [1.29, 1.82) is 0 Å². The fraction of sp³-hybridized carbons (Fsp3) is 0.0714. The van der Waals surface area contributed by atoms with Gasteiger partial charge in [0.25, 0.3) is 0 Å². The van der Waals surface area contributed by atoms with Crippen LogP contribution < -0.4 is 0 Å². The van der Waals surface area contributed by atoms with Crippen LogP contribution in [0, 0.1) is 54.8 Å². The lowest BCUT2D eigenvalue weighted by atomic mass is 9.98. The van der Waals surface area contributed by atoms with Crippen molar-refractivity contribution < 1.29 is 22.0 Å². The molecule has 0 saturated carbocycles. The molecule has 0 fully saturated rings. The molecule has 0 aliphatic carbocycles. The van der Waals surface area contributed by atoms with Crippen molar-refractivity contribution in [1.82, 2.24) is 0 Å². The van der Waals surface area contributed by atoms with Gasteiger partial charge in [0.1, 0.15) is 11.6 Å². The van der Waals surface area contributed by atoms with Gasteiger partial charge in [0.15, 0.2) is 17.5 Å². The highest BCUT2D eigenvalue weighted by molar-refractivity contribution is 5.68. The van der Waals surface area contributed by atoms with Gasteiger partial charge in [-0.1, -0.05) is 36.1 Å². The molecule has 0 aliphatic heterocycles. The molecule has 164 valence electrons. The van der Waals surface area contributed by atoms with Crippen LogP contribution in [0.3, 0.4) is 0 Å². The van der Waals surface area contributed by atoms with Gasteiger partial charge in [-0.15, -0.1) is 0 Å². The van der Waals surface area contributed by atoms with Crippen LogP contribution in [0.25, 0.3) is 22.3 Å². The van der Waals surface area contributed by atoms with Crippen LogP contribution in [-0.4, -0.2) is 0 Å². The molecule has 0 nitrogen and oxygen atoms in total. The van der Waals surface area contributed by atoms with Crippen molar-refractivity contribution >= 4 is 0 Å². The summed E-state index contributed by atoms with van der Waals surface area (Å²) in [6, 6.07) is 16.1. The zero-order chi connectivity index (χ0) is 23.7. The first-order valence-corrected chi connectivity index (χ1v) is 10.1. The van der Waals surface area contributed by atoms with Crippen molar-refractivity contribution in [2.45, 2.75) is 13.8 Å². The lowest BCUT2D eigenvalue weighted by Crippen LogP contribution is -1.95. The minimum absolute atomic E-state index is 0.0553. The maximum absolute atomic E-state index is 14.7. The van der Waals surface area contributed by atoms with Crippen molar-refractivity contribution in [3.63, 3.8) is 0 Å². The molecule has 0 N–H and O–H groups in total. The van der Waals surface area contributed by atoms with Gasteiger partial charge >= 0.3 is 0 Å². The van der Waals surface area contributed by atoms with Crippen LogP contribution in [0.2, 0.25) is 0 Å². The number of benzene rings is 4. The van der Waals surface area contributed by atoms with Crippen LogP contribution in [0.1, 0.15) is 22.3 Å². The number of rotatable bonds is 2. The molecule has 0 amide bonds. The Balaban J connectivity index is 1.62. The quantitative estimate of drug-likeness (QED) is 0.167. The van der Waals surface area contributed by atoms with E-state index in [0.717, 1.165) is 17.7 Å². The van der Waals surface area contributed by atoms with E-state index in [9.17, 15) is 22.0 Å². The third kappa shape index (κ3) is 4.65. The number of hydrogen-bond acceptors (Lipinski definition) is 0. The van der Waals surface area contributed by atoms with Crippen LogP contribution in [0.4, 0.5) is 22.0 Å². The van der Waals surface area contributed by atoms with Gasteiger partial charge in [-0.2, -0.15) is 0 Å². The Bertz CT molecular complexity index is 1400. The van der Waals surface area contributed by atoms with Gasteiger partial charge in [0.2, 0.25) is 0 Å². The zero-order valence-corrected chi connectivity index (χ0v) is 17.7. The Hall–Kier alpha value is -3.91. The van der Waals surface area contributed by atoms with Crippen molar-refractivity contribution in [2.24, 2.45) is 0 Å². The van der Waals surface area contributed by atoms with Crippen LogP contribution in [-0.2, 0) is 0 Å². The summed E-state index contributed by atoms with van der Waals surface area (Å²) >= 11 is 0. The normalized spacial score (nSPS) is 10.6. The second-order valence-corrected chi connectivity index (χ2v) is 7.71. The topological polar surface area (TPSA) is 0 Å². The Morgan fingerprint density at radius 3 is 1.82 bits per heavy atom. The first kappa shape index (κ1) is 22.3. The van der Waals surface area contributed by atoms with E-state index in [1.807, 2.05) is 13.0 Å². The van der Waals surface area contributed by atoms with E-state index in [4.69, 9.17) is 0 Å². The molecule has 0 aliphatic rings. The molecule has 0 bridgehead atoms. The SMILES string of the molecule is Cc1ccc(-c2ccc(C#Cc3cc(F)c(-c4cc(F)c(F)c(F)c4)cc3C)cc2)c(F)c1. The second kappa shape index (κ2) is 8.91. The van der Waals surface area contributed by atoms with Crippen LogP contribution in [0.5, 0.6) is 0 Å². The van der Waals surface area contributed by atoms with E-state index in [2.05, 4.69) is 11.8 Å². The predicted molar refractivity (Wildman–Crippen MR) is 119 cm³/mol. The Morgan fingerprint density at radius 2 is 1.18 bits per heavy atom. The molecule has 0 radical (unpaired) electrons. The lowest BCUT2D eigenvalue weighted by Gasteiger charge is -2.08. The van der Waals surface area contributed by atoms with Gasteiger partial charge in [-0.3, -0.25) is 0 Å². The van der Waals surface area contributed by atoms with E-state index in [-0.39, 0.29) is 16.9 Å². The summed E-state index contributed by atoms with van der Waals surface area (Å²) < 4.78 is 69.1. The maximum atomic E-state index is 14.7. The van der Waals surface area contributed by atoms with Gasteiger partial charge in [0.05, 0.1) is 0 Å². The molecule has 4 rings (SSSR count). The minimum atomic E-state index is -1.60. The summed E-state index contributed by atoms with van der Waals surface area (Å²) in [7, 11) is 0. The van der Waals surface area contributed by atoms with Crippen LogP contribution >= 0.6 is 0 Å². The molecule has 33 heavy (non-hydrogen) atoms. The third-order valence-electron chi connectivity index (χ3n) is 5.27. The molecule has 0 spiro atoms. The van der Waals surface area contributed by atoms with Crippen molar-refractivity contribution in [2.75, 3.05) is 0 Å². The first-order valence-electron chi connectivity index (χ1n) is 10.1. The Kier molecular flexibility index (Phi) is 6.02. The van der Waals surface area contributed by atoms with Gasteiger partial charge in [0, 0.05) is 22.3 Å². The first-order chi connectivity index (χ1) is 15.7. The molecule has 0 atom stereocenters. The highest BCUT2D eigenvalue weighted by atomic mass is 19.2. The zero-order valence-electron chi connectivity index (χ0n) is 17.7. The summed E-state index contributed by atoms with van der Waals surface area (Å²) in [4.78, 5) is 0. The average molecular weight is 448 g/mol. The van der Waals surface area contributed by atoms with Crippen LogP contribution in [0.15, 0.2) is 66.7 Å². The number of aryl methyl sites for hydroxylation is 2. The maximum Gasteiger partial charge on any atom is 0.194 e. The van der Waals surface area contributed by atoms with Gasteiger partial charge in [-0.25, -0.2) is 22.0 Å². The molecule has 4 aromatic carbocycles. The fourth-order valence-electron chi connectivity index (χ4n) is 3.48. The highest BCUT2D eigenvalue weighted by Crippen LogP contribution is 2.29. The Morgan fingerprint density at radius 1 is 0.545 bits per heavy atom. The summed E-state index contributed by atoms with van der Waals surface area (Å²) in [5.41, 5.74) is 3.51. The fourth-order valence-corrected chi connectivity index (χ4v) is 3.48. The summed E-state index contributed by atoms with van der Waals surface area (Å²) in [6.07, 6.45) is 0. The smallest absolute Gasteiger partial charge is 0.194 e. The monoisotopic (exact) mass is 448 g/mol. The molecule has 0 heterocycles. The summed E-state index contributed by atoms with van der Waals surface area (Å²) in [5.74, 6) is 0.402. The van der Waals surface area contributed by atoms with E-state index < -0.39 is 23.3 Å². The average Bonchev–Trinajstić information content (AvgIpc) is 2.78. The molecule has 0 saturated heterocycles. The molecule has 0 aromatic heterocycles. The minimum Gasteiger partial charge on any atom is -0.206 e. The molecule has 5 heteroatoms. The second-order valence-electron chi connectivity index (χ2n) is 7.71. The molecular weight excluding hydrogens is 431 g/mol. The van der Waals surface area contributed by atoms with E-state index in [1.165, 1.54) is 18.2 Å². The van der Waals surface area contributed by atoms with Crippen molar-refractivity contribution in [3.8, 4) is 34.1 Å². The summed E-state index contributed by atoms with van der Waals surface area (Å²) in [6.45, 7) is 3.51. The Labute approximate surface area is 188 Å². The predicted octanol–water partition coefficient (Wildman–Crippen LogP) is 7.73. The van der Waals surface area contributed by atoms with E-state index in [0.29, 0.717) is 27.8 Å². The molecule has 4 aromatic rings. The summed E-state index contributed by atoms with van der Waals surface area (Å²) in [5, 5.41) is 0. The number of halogens is 5.